The quantitative estimate of drug-likeness (QED) is 0.325. The average Bonchev–Trinajstić information content (AvgIpc) is 2.86. The van der Waals surface area contributed by atoms with Crippen molar-refractivity contribution < 1.29 is 14.3 Å². The van der Waals surface area contributed by atoms with Gasteiger partial charge in [-0.2, -0.15) is 0 Å². The van der Waals surface area contributed by atoms with Gasteiger partial charge in [0.2, 0.25) is 5.95 Å². The second kappa shape index (κ2) is 10.3. The largest absolute Gasteiger partial charge is 0.489 e. The summed E-state index contributed by atoms with van der Waals surface area (Å²) in [5, 5.41) is 9.58. The lowest BCUT2D eigenvalue weighted by Crippen LogP contribution is -2.73. The Morgan fingerprint density at radius 2 is 1.84 bits per heavy atom. The highest BCUT2D eigenvalue weighted by atomic mass is 35.5. The van der Waals surface area contributed by atoms with Crippen LogP contribution in [0.15, 0.2) is 36.8 Å². The number of likely N-dealkylation sites (tertiary alicyclic amines) is 1. The molecule has 2 saturated heterocycles. The fraction of sp³-hybridized carbons (Fsp3) is 0.346. The van der Waals surface area contributed by atoms with E-state index in [9.17, 15) is 4.79 Å². The smallest absolute Gasteiger partial charge is 0.409 e. The van der Waals surface area contributed by atoms with Crippen molar-refractivity contribution in [2.75, 3.05) is 43.4 Å². The number of hydrogen-bond acceptors (Lipinski definition) is 9. The molecule has 10 nitrogen and oxygen atoms in total. The molecule has 4 heterocycles. The second-order valence-corrected chi connectivity index (χ2v) is 10.4. The van der Waals surface area contributed by atoms with Crippen LogP contribution in [0, 0.1) is 17.7 Å². The minimum atomic E-state index is -0.260. The van der Waals surface area contributed by atoms with Crippen LogP contribution >= 0.6 is 23.2 Å². The summed E-state index contributed by atoms with van der Waals surface area (Å²) in [7, 11) is 0. The van der Waals surface area contributed by atoms with E-state index >= 15 is 0 Å². The molecule has 2 aromatic heterocycles. The number of aryl methyl sites for hydroxylation is 1. The van der Waals surface area contributed by atoms with Crippen LogP contribution in [0.4, 0.5) is 16.4 Å². The normalized spacial score (nSPS) is 15.6. The van der Waals surface area contributed by atoms with E-state index in [1.807, 2.05) is 0 Å². The number of rotatable bonds is 7. The lowest BCUT2D eigenvalue weighted by Gasteiger charge is -2.59. The number of hydrogen-bond donors (Lipinski definition) is 2. The molecule has 0 saturated carbocycles. The molecule has 5 rings (SSSR count). The van der Waals surface area contributed by atoms with E-state index in [4.69, 9.17) is 43.8 Å². The zero-order valence-corrected chi connectivity index (χ0v) is 22.5. The molecular weight excluding hydrogens is 529 g/mol. The molecular formula is C26H27Cl2N7O3. The minimum absolute atomic E-state index is 0.0831. The van der Waals surface area contributed by atoms with Crippen LogP contribution in [0.3, 0.4) is 0 Å². The van der Waals surface area contributed by atoms with Gasteiger partial charge in [-0.1, -0.05) is 23.2 Å². The number of nitrogens with two attached hydrogens (primary N) is 1. The lowest BCUT2D eigenvalue weighted by molar-refractivity contribution is -0.0199. The predicted octanol–water partition coefficient (Wildman–Crippen LogP) is 4.34. The van der Waals surface area contributed by atoms with Crippen LogP contribution in [-0.2, 0) is 11.3 Å². The molecule has 2 fully saturated rings. The first-order chi connectivity index (χ1) is 18.2. The Balaban J connectivity index is 1.21. The van der Waals surface area contributed by atoms with Crippen LogP contribution in [0.1, 0.15) is 29.3 Å². The third kappa shape index (κ3) is 4.93. The van der Waals surface area contributed by atoms with Gasteiger partial charge in [0.05, 0.1) is 28.1 Å². The van der Waals surface area contributed by atoms with Crippen LogP contribution in [-0.4, -0.2) is 64.4 Å². The van der Waals surface area contributed by atoms with Crippen molar-refractivity contribution in [2.24, 2.45) is 5.41 Å². The van der Waals surface area contributed by atoms with Crippen molar-refractivity contribution in [1.29, 1.82) is 5.41 Å². The Kier molecular flexibility index (Phi) is 7.02. The lowest BCUT2D eigenvalue weighted by atomic mass is 9.73. The van der Waals surface area contributed by atoms with Crippen molar-refractivity contribution in [2.45, 2.75) is 20.5 Å². The third-order valence-corrected chi connectivity index (χ3v) is 7.59. The molecule has 3 N–H and O–H groups in total. The van der Waals surface area contributed by atoms with E-state index in [0.29, 0.717) is 69.5 Å². The Hall–Kier alpha value is -3.63. The summed E-state index contributed by atoms with van der Waals surface area (Å²) < 4.78 is 11.0. The number of anilines is 2. The van der Waals surface area contributed by atoms with Gasteiger partial charge in [0.15, 0.2) is 0 Å². The van der Waals surface area contributed by atoms with Crippen LogP contribution in [0.5, 0.6) is 5.75 Å². The van der Waals surface area contributed by atoms with E-state index < -0.39 is 0 Å². The van der Waals surface area contributed by atoms with Gasteiger partial charge in [0, 0.05) is 72.6 Å². The van der Waals surface area contributed by atoms with E-state index in [-0.39, 0.29) is 23.8 Å². The SMILES string of the molecule is CCOC(=O)N1CC2(C1)CN(c1ncc(C(=N)c3cc(OCc4c(Cl)cnc(C)c4Cl)ccc3N)cn1)C2. The summed E-state index contributed by atoms with van der Waals surface area (Å²) in [6.07, 6.45) is 4.52. The van der Waals surface area contributed by atoms with Crippen molar-refractivity contribution in [3.8, 4) is 5.75 Å². The first kappa shape index (κ1) is 26.0. The molecule has 1 spiro atoms. The number of carbonyl (C=O) groups excluding carboxylic acids is 1. The Morgan fingerprint density at radius 1 is 1.13 bits per heavy atom. The van der Waals surface area contributed by atoms with Gasteiger partial charge < -0.3 is 25.0 Å². The fourth-order valence-electron chi connectivity index (χ4n) is 4.72. The number of nitrogens with one attached hydrogen (secondary N) is 1. The van der Waals surface area contributed by atoms with Crippen LogP contribution in [0.2, 0.25) is 10.0 Å². The summed E-state index contributed by atoms with van der Waals surface area (Å²) in [6, 6.07) is 5.12. The van der Waals surface area contributed by atoms with Crippen LogP contribution < -0.4 is 15.4 Å². The molecule has 0 radical (unpaired) electrons. The van der Waals surface area contributed by atoms with Gasteiger partial charge in [-0.05, 0) is 32.0 Å². The molecule has 0 atom stereocenters. The zero-order chi connectivity index (χ0) is 27.0. The number of carbonyl (C=O) groups is 1. The van der Waals surface area contributed by atoms with Gasteiger partial charge in [-0.25, -0.2) is 14.8 Å². The molecule has 0 aliphatic carbocycles. The van der Waals surface area contributed by atoms with Gasteiger partial charge >= 0.3 is 6.09 Å². The number of ether oxygens (including phenoxy) is 2. The molecule has 198 valence electrons. The van der Waals surface area contributed by atoms with E-state index in [0.717, 1.165) is 13.1 Å². The second-order valence-electron chi connectivity index (χ2n) is 9.58. The predicted molar refractivity (Wildman–Crippen MR) is 145 cm³/mol. The van der Waals surface area contributed by atoms with Crippen LogP contribution in [0.25, 0.3) is 0 Å². The summed E-state index contributed by atoms with van der Waals surface area (Å²) in [4.78, 5) is 28.7. The summed E-state index contributed by atoms with van der Waals surface area (Å²) >= 11 is 12.6. The molecule has 38 heavy (non-hydrogen) atoms. The number of pyridine rings is 1. The fourth-order valence-corrected chi connectivity index (χ4v) is 5.17. The maximum absolute atomic E-state index is 11.8. The van der Waals surface area contributed by atoms with Gasteiger partial charge in [-0.15, -0.1) is 0 Å². The Morgan fingerprint density at radius 3 is 2.53 bits per heavy atom. The average molecular weight is 556 g/mol. The Bertz CT molecular complexity index is 1390. The van der Waals surface area contributed by atoms with Gasteiger partial charge in [0.1, 0.15) is 12.4 Å². The molecule has 3 aromatic rings. The zero-order valence-electron chi connectivity index (χ0n) is 21.0. The summed E-state index contributed by atoms with van der Waals surface area (Å²) in [5.74, 6) is 1.11. The minimum Gasteiger partial charge on any atom is -0.489 e. The number of aromatic nitrogens is 3. The first-order valence-electron chi connectivity index (χ1n) is 12.1. The molecule has 2 aliphatic heterocycles. The highest BCUT2D eigenvalue weighted by Crippen LogP contribution is 2.41. The Labute approximate surface area is 230 Å². The maximum Gasteiger partial charge on any atom is 0.409 e. The third-order valence-electron chi connectivity index (χ3n) is 6.76. The molecule has 1 aromatic carbocycles. The van der Waals surface area contributed by atoms with Crippen molar-refractivity contribution in [1.82, 2.24) is 19.9 Å². The van der Waals surface area contributed by atoms with Crippen molar-refractivity contribution in [3.05, 3.63) is 69.2 Å². The molecule has 0 unspecified atom stereocenters. The van der Waals surface area contributed by atoms with E-state index in [1.165, 1.54) is 0 Å². The number of nitrogens with zero attached hydrogens (tertiary/aromatic N) is 5. The first-order valence-corrected chi connectivity index (χ1v) is 12.8. The van der Waals surface area contributed by atoms with Gasteiger partial charge in [0.25, 0.3) is 0 Å². The standard InChI is InChI=1S/C26H27Cl2N7O3/c1-3-37-25(36)35-13-26(14-35)11-34(12-26)24-32-7-16(8-33-24)23(30)18-6-17(4-5-21(18)29)38-10-19-20(27)9-31-15(2)22(19)28/h4-9,30H,3,10-14,29H2,1-2H3. The highest BCUT2D eigenvalue weighted by molar-refractivity contribution is 6.36. The summed E-state index contributed by atoms with van der Waals surface area (Å²) in [6.45, 7) is 7.03. The van der Waals surface area contributed by atoms with Crippen molar-refractivity contribution >= 4 is 46.6 Å². The molecule has 2 aliphatic rings. The molecule has 12 heteroatoms. The summed E-state index contributed by atoms with van der Waals surface area (Å²) in [5.41, 5.74) is 9.21. The van der Waals surface area contributed by atoms with Gasteiger partial charge in [-0.3, -0.25) is 10.4 Å². The number of nitrogen functional groups attached to an aromatic ring is 1. The number of halogens is 2. The topological polar surface area (TPSA) is 131 Å². The number of benzene rings is 1. The van der Waals surface area contributed by atoms with E-state index in [2.05, 4.69) is 19.9 Å². The number of amides is 1. The molecule has 0 bridgehead atoms. The molecule has 1 amide bonds. The van der Waals surface area contributed by atoms with Crippen molar-refractivity contribution in [3.63, 3.8) is 0 Å². The maximum atomic E-state index is 11.8. The highest BCUT2D eigenvalue weighted by Gasteiger charge is 2.54. The monoisotopic (exact) mass is 555 g/mol. The van der Waals surface area contributed by atoms with E-state index in [1.54, 1.807) is 55.5 Å².